The number of hydrogen-bond acceptors (Lipinski definition) is 6. The standard InChI is InChI=1S/C24H25Cl2FN2O4/c1-12(2)20-24(31-4)28-18(23(29-20)30-3)9-13-5-6-15(22-21(13)32-7-8-33-22)19-16(25)10-14(27)11-17(19)26/h5-6,10-12,18,20H,7-9H2,1-4H3/t18-,20+/m0/s1. The van der Waals surface area contributed by atoms with Crippen molar-refractivity contribution in [2.45, 2.75) is 32.4 Å². The Balaban J connectivity index is 1.75. The summed E-state index contributed by atoms with van der Waals surface area (Å²) in [7, 11) is 3.19. The van der Waals surface area contributed by atoms with Crippen molar-refractivity contribution in [3.8, 4) is 22.6 Å². The van der Waals surface area contributed by atoms with Gasteiger partial charge in [0.25, 0.3) is 0 Å². The number of nitrogens with zero attached hydrogens (tertiary/aromatic N) is 2. The summed E-state index contributed by atoms with van der Waals surface area (Å²) in [6.07, 6.45) is 0.460. The predicted octanol–water partition coefficient (Wildman–Crippen LogP) is 5.61. The minimum absolute atomic E-state index is 0.194. The van der Waals surface area contributed by atoms with Crippen molar-refractivity contribution >= 4 is 35.0 Å². The summed E-state index contributed by atoms with van der Waals surface area (Å²) in [4.78, 5) is 9.51. The minimum Gasteiger partial charge on any atom is -0.486 e. The molecule has 0 spiro atoms. The maximum absolute atomic E-state index is 13.7. The molecule has 0 radical (unpaired) electrons. The summed E-state index contributed by atoms with van der Waals surface area (Å²) in [6.45, 7) is 4.88. The summed E-state index contributed by atoms with van der Waals surface area (Å²) in [5.74, 6) is 1.90. The minimum atomic E-state index is -0.508. The molecule has 4 rings (SSSR count). The average molecular weight is 495 g/mol. The molecule has 33 heavy (non-hydrogen) atoms. The predicted molar refractivity (Wildman–Crippen MR) is 128 cm³/mol. The van der Waals surface area contributed by atoms with Crippen LogP contribution < -0.4 is 9.47 Å². The summed E-state index contributed by atoms with van der Waals surface area (Å²) in [5, 5.41) is 0.388. The summed E-state index contributed by atoms with van der Waals surface area (Å²) >= 11 is 12.7. The molecule has 2 heterocycles. The van der Waals surface area contributed by atoms with Crippen molar-refractivity contribution in [1.29, 1.82) is 0 Å². The Bertz CT molecular complexity index is 1100. The third-order valence-electron chi connectivity index (χ3n) is 5.60. The molecule has 0 unspecified atom stereocenters. The molecule has 6 nitrogen and oxygen atoms in total. The maximum atomic E-state index is 13.7. The SMILES string of the molecule is COC1=N[C@H](C(C)C)C(OC)=N[C@H]1Cc1ccc(-c2c(Cl)cc(F)cc2Cl)c2c1OCCO2. The number of methoxy groups -OCH3 is 2. The van der Waals surface area contributed by atoms with Crippen LogP contribution in [-0.2, 0) is 15.9 Å². The highest BCUT2D eigenvalue weighted by atomic mass is 35.5. The number of ether oxygens (including phenoxy) is 4. The quantitative estimate of drug-likeness (QED) is 0.554. The molecule has 0 fully saturated rings. The van der Waals surface area contributed by atoms with Crippen LogP contribution in [0.5, 0.6) is 11.5 Å². The lowest BCUT2D eigenvalue weighted by Gasteiger charge is -2.28. The zero-order valence-corrected chi connectivity index (χ0v) is 20.3. The van der Waals surface area contributed by atoms with E-state index in [0.29, 0.717) is 54.1 Å². The van der Waals surface area contributed by atoms with Gasteiger partial charge < -0.3 is 18.9 Å². The van der Waals surface area contributed by atoms with E-state index in [1.807, 2.05) is 12.1 Å². The van der Waals surface area contributed by atoms with Gasteiger partial charge in [0.15, 0.2) is 11.5 Å². The highest BCUT2D eigenvalue weighted by molar-refractivity contribution is 6.39. The highest BCUT2D eigenvalue weighted by Crippen LogP contribution is 2.47. The summed E-state index contributed by atoms with van der Waals surface area (Å²) < 4.78 is 36.8. The number of halogens is 3. The lowest BCUT2D eigenvalue weighted by atomic mass is 9.96. The van der Waals surface area contributed by atoms with Crippen LogP contribution in [0.4, 0.5) is 4.39 Å². The van der Waals surface area contributed by atoms with E-state index in [9.17, 15) is 4.39 Å². The van der Waals surface area contributed by atoms with Crippen LogP contribution in [0.15, 0.2) is 34.3 Å². The zero-order chi connectivity index (χ0) is 23.7. The van der Waals surface area contributed by atoms with Gasteiger partial charge in [0.05, 0.1) is 24.3 Å². The maximum Gasteiger partial charge on any atom is 0.209 e. The van der Waals surface area contributed by atoms with E-state index in [1.165, 1.54) is 12.1 Å². The van der Waals surface area contributed by atoms with Crippen molar-refractivity contribution in [3.63, 3.8) is 0 Å². The van der Waals surface area contributed by atoms with Crippen molar-refractivity contribution in [1.82, 2.24) is 0 Å². The van der Waals surface area contributed by atoms with Crippen LogP contribution in [0.2, 0.25) is 10.0 Å². The van der Waals surface area contributed by atoms with E-state index in [0.717, 1.165) is 5.56 Å². The van der Waals surface area contributed by atoms with E-state index < -0.39 is 5.82 Å². The topological polar surface area (TPSA) is 61.6 Å². The van der Waals surface area contributed by atoms with Crippen LogP contribution in [0.25, 0.3) is 11.1 Å². The molecule has 176 valence electrons. The second-order valence-corrected chi connectivity index (χ2v) is 8.94. The van der Waals surface area contributed by atoms with Crippen molar-refractivity contribution in [3.05, 3.63) is 45.7 Å². The first-order chi connectivity index (χ1) is 15.8. The normalized spacial score (nSPS) is 19.8. The van der Waals surface area contributed by atoms with Gasteiger partial charge in [-0.1, -0.05) is 43.1 Å². The van der Waals surface area contributed by atoms with Gasteiger partial charge in [0, 0.05) is 23.1 Å². The Morgan fingerprint density at radius 1 is 1.00 bits per heavy atom. The van der Waals surface area contributed by atoms with Crippen molar-refractivity contribution in [2.24, 2.45) is 15.9 Å². The molecule has 2 aliphatic rings. The third-order valence-corrected chi connectivity index (χ3v) is 6.19. The molecule has 2 aromatic rings. The monoisotopic (exact) mass is 494 g/mol. The molecule has 9 heteroatoms. The van der Waals surface area contributed by atoms with Crippen LogP contribution in [0.3, 0.4) is 0 Å². The molecule has 2 aromatic carbocycles. The molecule has 0 saturated heterocycles. The van der Waals surface area contributed by atoms with E-state index in [2.05, 4.69) is 13.8 Å². The summed E-state index contributed by atoms with van der Waals surface area (Å²) in [5.41, 5.74) is 1.98. The Kier molecular flexibility index (Phi) is 7.00. The Labute approximate surface area is 202 Å². The molecule has 0 amide bonds. The van der Waals surface area contributed by atoms with E-state index >= 15 is 0 Å². The number of aliphatic imine (C=N–C) groups is 2. The average Bonchev–Trinajstić information content (AvgIpc) is 2.79. The molecule has 0 saturated carbocycles. The fraction of sp³-hybridized carbons (Fsp3) is 0.417. The van der Waals surface area contributed by atoms with Gasteiger partial charge in [-0.2, -0.15) is 0 Å². The molecule has 2 atom stereocenters. The Morgan fingerprint density at radius 2 is 1.64 bits per heavy atom. The second-order valence-electron chi connectivity index (χ2n) is 8.12. The fourth-order valence-corrected chi connectivity index (χ4v) is 4.71. The van der Waals surface area contributed by atoms with Gasteiger partial charge in [-0.25, -0.2) is 14.4 Å². The van der Waals surface area contributed by atoms with E-state index in [4.69, 9.17) is 52.1 Å². The first-order valence-corrected chi connectivity index (χ1v) is 11.4. The number of benzene rings is 2. The zero-order valence-electron chi connectivity index (χ0n) is 18.8. The molecular formula is C24H25Cl2FN2O4. The van der Waals surface area contributed by atoms with Gasteiger partial charge in [-0.15, -0.1) is 0 Å². The van der Waals surface area contributed by atoms with Gasteiger partial charge >= 0.3 is 0 Å². The van der Waals surface area contributed by atoms with Gasteiger partial charge in [-0.3, -0.25) is 0 Å². The van der Waals surface area contributed by atoms with E-state index in [-0.39, 0.29) is 28.0 Å². The van der Waals surface area contributed by atoms with E-state index in [1.54, 1.807) is 14.2 Å². The second kappa shape index (κ2) is 9.77. The van der Waals surface area contributed by atoms with Crippen LogP contribution >= 0.6 is 23.2 Å². The van der Waals surface area contributed by atoms with Crippen LogP contribution in [0.1, 0.15) is 19.4 Å². The first kappa shape index (κ1) is 23.6. The largest absolute Gasteiger partial charge is 0.486 e. The van der Waals surface area contributed by atoms with Crippen LogP contribution in [0, 0.1) is 11.7 Å². The lowest BCUT2D eigenvalue weighted by Crippen LogP contribution is -2.38. The molecule has 0 aliphatic carbocycles. The molecule has 0 bridgehead atoms. The third kappa shape index (κ3) is 4.62. The Hall–Kier alpha value is -2.51. The molecule has 2 aliphatic heterocycles. The van der Waals surface area contributed by atoms with Crippen LogP contribution in [-0.4, -0.2) is 51.3 Å². The fourth-order valence-electron chi connectivity index (χ4n) is 4.05. The lowest BCUT2D eigenvalue weighted by molar-refractivity contribution is 0.170. The highest BCUT2D eigenvalue weighted by Gasteiger charge is 2.33. The summed E-state index contributed by atoms with van der Waals surface area (Å²) in [6, 6.07) is 5.63. The van der Waals surface area contributed by atoms with Gasteiger partial charge in [0.1, 0.15) is 31.1 Å². The number of rotatable bonds is 4. The van der Waals surface area contributed by atoms with Crippen molar-refractivity contribution in [2.75, 3.05) is 27.4 Å². The van der Waals surface area contributed by atoms with Gasteiger partial charge in [0.2, 0.25) is 11.8 Å². The first-order valence-electron chi connectivity index (χ1n) is 10.6. The molecule has 0 aromatic heterocycles. The number of hydrogen-bond donors (Lipinski definition) is 0. The van der Waals surface area contributed by atoms with Gasteiger partial charge in [-0.05, 0) is 24.1 Å². The molecule has 0 N–H and O–H groups in total. The van der Waals surface area contributed by atoms with Crippen molar-refractivity contribution < 1.29 is 23.3 Å². The smallest absolute Gasteiger partial charge is 0.209 e. The molecular weight excluding hydrogens is 470 g/mol. The number of fused-ring (bicyclic) bond motifs is 1. The Morgan fingerprint density at radius 3 is 2.24 bits per heavy atom.